The molecule has 2 amide bonds. The molecule has 182 valence electrons. The van der Waals surface area contributed by atoms with Gasteiger partial charge in [-0.15, -0.1) is 5.10 Å². The number of carbonyl (C=O) groups excluding carboxylic acids is 2. The van der Waals surface area contributed by atoms with Crippen molar-refractivity contribution in [3.05, 3.63) is 35.7 Å². The largest absolute Gasteiger partial charge is 0.396 e. The number of ether oxygens (including phenoxy) is 1. The molecule has 0 aliphatic carbocycles. The number of rotatable bonds is 7. The predicted molar refractivity (Wildman–Crippen MR) is 126 cm³/mol. The van der Waals surface area contributed by atoms with Gasteiger partial charge in [0.15, 0.2) is 5.60 Å². The number of anilines is 2. The van der Waals surface area contributed by atoms with Crippen LogP contribution in [0.15, 0.2) is 24.4 Å². The summed E-state index contributed by atoms with van der Waals surface area (Å²) in [7, 11) is -3.23. The minimum Gasteiger partial charge on any atom is -0.396 e. The lowest BCUT2D eigenvalue weighted by Gasteiger charge is -2.33. The smallest absolute Gasteiger partial charge is 0.261 e. The third-order valence-electron chi connectivity index (χ3n) is 7.46. The first-order valence-corrected chi connectivity index (χ1v) is 14.7. The number of hydrogen-bond donors (Lipinski definition) is 2. The zero-order chi connectivity index (χ0) is 24.3. The molecule has 4 heterocycles. The van der Waals surface area contributed by atoms with Crippen LogP contribution >= 0.6 is 0 Å². The Balaban J connectivity index is 1.47. The number of fused-ring (bicyclic) bond motifs is 2. The lowest BCUT2D eigenvalue weighted by Crippen LogP contribution is -2.44. The van der Waals surface area contributed by atoms with Crippen LogP contribution in [-0.2, 0) is 32.9 Å². The fourth-order valence-corrected chi connectivity index (χ4v) is 8.36. The average Bonchev–Trinajstić information content (AvgIpc) is 3.41. The van der Waals surface area contributed by atoms with Crippen LogP contribution in [0.3, 0.4) is 0 Å². The second kappa shape index (κ2) is 8.24. The number of carbonyl (C=O) groups is 2. The fourth-order valence-electron chi connectivity index (χ4n) is 5.82. The lowest BCUT2D eigenvalue weighted by atomic mass is 9.82. The van der Waals surface area contributed by atoms with Crippen LogP contribution in [0.4, 0.5) is 15.5 Å². The second-order valence-corrected chi connectivity index (χ2v) is 13.8. The molecule has 4 atom stereocenters. The van der Waals surface area contributed by atoms with Crippen molar-refractivity contribution in [3.63, 3.8) is 0 Å². The quantitative estimate of drug-likeness (QED) is 0.353. The standard InChI is InChI=1S/C23H30FN5O4Si/c1-14-21(34(2,3)24)19(6-9-28-13-15(8-11-30)26-27-28)33-23(14)17-12-16(29-10-7-20(29)31)4-5-18(17)25-22(23)32/h4-5,12-14,19,21,30H,6-11H2,1-3H3,(H,25,32)/t14-,19+,21-,23+/m0/s1. The molecule has 2 N–H and O–H groups in total. The Hall–Kier alpha value is -2.63. The highest BCUT2D eigenvalue weighted by molar-refractivity contribution is 6.72. The molecule has 2 aromatic rings. The molecular weight excluding hydrogens is 457 g/mol. The van der Waals surface area contributed by atoms with Gasteiger partial charge in [0.05, 0.1) is 11.8 Å². The van der Waals surface area contributed by atoms with E-state index in [1.54, 1.807) is 34.9 Å². The van der Waals surface area contributed by atoms with Crippen molar-refractivity contribution in [2.45, 2.75) is 63.1 Å². The average molecular weight is 488 g/mol. The number of aliphatic hydroxyl groups excluding tert-OH is 1. The summed E-state index contributed by atoms with van der Waals surface area (Å²) < 4.78 is 23.9. The van der Waals surface area contributed by atoms with Crippen LogP contribution in [0.25, 0.3) is 0 Å². The summed E-state index contributed by atoms with van der Waals surface area (Å²) in [5.41, 5.74) is 1.05. The van der Waals surface area contributed by atoms with Crippen molar-refractivity contribution in [2.75, 3.05) is 23.4 Å². The zero-order valence-corrected chi connectivity index (χ0v) is 20.6. The van der Waals surface area contributed by atoms with Crippen LogP contribution in [0, 0.1) is 5.92 Å². The van der Waals surface area contributed by atoms with E-state index in [2.05, 4.69) is 15.6 Å². The van der Waals surface area contributed by atoms with E-state index in [4.69, 9.17) is 9.84 Å². The first-order valence-electron chi connectivity index (χ1n) is 11.8. The Morgan fingerprint density at radius 2 is 2.15 bits per heavy atom. The molecule has 0 bridgehead atoms. The van der Waals surface area contributed by atoms with Gasteiger partial charge >= 0.3 is 0 Å². The summed E-state index contributed by atoms with van der Waals surface area (Å²) in [6, 6.07) is 5.48. The molecule has 11 heteroatoms. The molecule has 2 fully saturated rings. The Morgan fingerprint density at radius 3 is 2.79 bits per heavy atom. The number of nitrogens with zero attached hydrogens (tertiary/aromatic N) is 4. The number of nitrogens with one attached hydrogen (secondary N) is 1. The maximum Gasteiger partial charge on any atom is 0.261 e. The van der Waals surface area contributed by atoms with Gasteiger partial charge in [-0.1, -0.05) is 12.1 Å². The summed E-state index contributed by atoms with van der Waals surface area (Å²) >= 11 is 0. The summed E-state index contributed by atoms with van der Waals surface area (Å²) in [6.07, 6.45) is 2.71. The number of hydrogen-bond acceptors (Lipinski definition) is 6. The molecule has 2 saturated heterocycles. The topological polar surface area (TPSA) is 110 Å². The molecule has 5 rings (SSSR count). The van der Waals surface area contributed by atoms with Gasteiger partial charge in [0, 0.05) is 67.1 Å². The molecule has 1 aromatic carbocycles. The van der Waals surface area contributed by atoms with Gasteiger partial charge in [-0.3, -0.25) is 14.3 Å². The molecule has 0 radical (unpaired) electrons. The zero-order valence-electron chi connectivity index (χ0n) is 19.6. The normalized spacial score (nSPS) is 28.4. The summed E-state index contributed by atoms with van der Waals surface area (Å²) in [6.45, 7) is 6.35. The number of halogens is 1. The molecule has 3 aliphatic heterocycles. The third kappa shape index (κ3) is 3.57. The van der Waals surface area contributed by atoms with Crippen LogP contribution in [0.2, 0.25) is 18.6 Å². The molecule has 0 unspecified atom stereocenters. The first-order chi connectivity index (χ1) is 16.1. The van der Waals surface area contributed by atoms with E-state index in [1.807, 2.05) is 19.1 Å². The van der Waals surface area contributed by atoms with E-state index in [-0.39, 0.29) is 24.3 Å². The van der Waals surface area contributed by atoms with Crippen LogP contribution in [0.5, 0.6) is 0 Å². The molecule has 1 aromatic heterocycles. The molecule has 1 spiro atoms. The van der Waals surface area contributed by atoms with Gasteiger partial charge in [-0.25, -0.2) is 0 Å². The maximum atomic E-state index is 15.7. The predicted octanol–water partition coefficient (Wildman–Crippen LogP) is 2.37. The molecule has 3 aliphatic rings. The number of benzene rings is 1. The van der Waals surface area contributed by atoms with Crippen molar-refractivity contribution in [2.24, 2.45) is 5.92 Å². The highest BCUT2D eigenvalue weighted by Crippen LogP contribution is 2.59. The van der Waals surface area contributed by atoms with E-state index in [1.165, 1.54) is 0 Å². The van der Waals surface area contributed by atoms with Gasteiger partial charge in [0.2, 0.25) is 14.3 Å². The number of aliphatic hydroxyl groups is 1. The minimum absolute atomic E-state index is 0.00624. The number of β-lactam (4-membered cyclic amide) rings is 1. The number of amides is 2. The van der Waals surface area contributed by atoms with Gasteiger partial charge in [0.1, 0.15) is 0 Å². The van der Waals surface area contributed by atoms with Crippen LogP contribution < -0.4 is 10.2 Å². The van der Waals surface area contributed by atoms with Gasteiger partial charge in [-0.05, 0) is 37.7 Å². The molecular formula is C23H30FN5O4Si. The second-order valence-electron chi connectivity index (χ2n) is 9.99. The monoisotopic (exact) mass is 487 g/mol. The molecule has 9 nitrogen and oxygen atoms in total. The number of aryl methyl sites for hydroxylation is 1. The van der Waals surface area contributed by atoms with E-state index >= 15 is 4.11 Å². The first kappa shape index (κ1) is 23.1. The fraction of sp³-hybridized carbons (Fsp3) is 0.565. The van der Waals surface area contributed by atoms with E-state index in [0.717, 1.165) is 5.69 Å². The molecule has 0 saturated carbocycles. The Kier molecular flexibility index (Phi) is 5.61. The lowest BCUT2D eigenvalue weighted by molar-refractivity contribution is -0.143. The maximum absolute atomic E-state index is 15.7. The van der Waals surface area contributed by atoms with Crippen LogP contribution in [-0.4, -0.2) is 59.6 Å². The van der Waals surface area contributed by atoms with Crippen molar-refractivity contribution in [1.82, 2.24) is 15.0 Å². The van der Waals surface area contributed by atoms with E-state index in [0.29, 0.717) is 49.3 Å². The summed E-state index contributed by atoms with van der Waals surface area (Å²) in [4.78, 5) is 27.1. The molecule has 34 heavy (non-hydrogen) atoms. The van der Waals surface area contributed by atoms with Gasteiger partial charge in [-0.2, -0.15) is 0 Å². The van der Waals surface area contributed by atoms with Crippen molar-refractivity contribution in [1.29, 1.82) is 0 Å². The Labute approximate surface area is 198 Å². The van der Waals surface area contributed by atoms with Gasteiger partial charge < -0.3 is 24.2 Å². The number of aromatic nitrogens is 3. The SMILES string of the molecule is C[C@H]1[C@H]([Si](C)(C)F)[C@@H](CCn2cc(CCO)nn2)O[C@]12C(=O)Nc1ccc(N3CCC3=O)cc12. The Morgan fingerprint density at radius 1 is 1.35 bits per heavy atom. The van der Waals surface area contributed by atoms with E-state index < -0.39 is 25.7 Å². The third-order valence-corrected chi connectivity index (χ3v) is 9.92. The Bertz CT molecular complexity index is 1130. The van der Waals surface area contributed by atoms with E-state index in [9.17, 15) is 9.59 Å². The van der Waals surface area contributed by atoms with Crippen LogP contribution in [0.1, 0.15) is 31.0 Å². The summed E-state index contributed by atoms with van der Waals surface area (Å²) in [5.74, 6) is -0.611. The van der Waals surface area contributed by atoms with Crippen molar-refractivity contribution >= 4 is 31.6 Å². The van der Waals surface area contributed by atoms with Gasteiger partial charge in [0.25, 0.3) is 5.91 Å². The highest BCUT2D eigenvalue weighted by Gasteiger charge is 2.65. The van der Waals surface area contributed by atoms with Crippen molar-refractivity contribution < 1.29 is 23.5 Å². The highest BCUT2D eigenvalue weighted by atomic mass is 28.4. The van der Waals surface area contributed by atoms with Crippen molar-refractivity contribution in [3.8, 4) is 0 Å². The minimum atomic E-state index is -3.23. The summed E-state index contributed by atoms with van der Waals surface area (Å²) in [5, 5.41) is 20.2.